The smallest absolute Gasteiger partial charge is 0.205 e. The van der Waals surface area contributed by atoms with Crippen LogP contribution in [-0.2, 0) is 6.42 Å². The molecule has 1 N–H and O–H groups in total. The number of piperazine rings is 1. The number of hydrogen-bond acceptors (Lipinski definition) is 6. The van der Waals surface area contributed by atoms with Crippen LogP contribution in [0.1, 0.15) is 19.7 Å². The minimum Gasteiger partial charge on any atom is -0.492 e. The number of benzene rings is 1. The standard InChI is InChI=1S/C19H28N6OS.HI/c1-3-17-22-19(27-23-17)25-13-11-24(12-14-25)18(20-4-2)21-10-15-26-16-8-6-5-7-9-16;/h5-9H,3-4,10-15H2,1-2H3,(H,20,21);1H. The van der Waals surface area contributed by atoms with Crippen LogP contribution in [0.3, 0.4) is 0 Å². The van der Waals surface area contributed by atoms with E-state index in [-0.39, 0.29) is 24.0 Å². The monoisotopic (exact) mass is 516 g/mol. The Bertz CT molecular complexity index is 718. The predicted octanol–water partition coefficient (Wildman–Crippen LogP) is 2.89. The highest BCUT2D eigenvalue weighted by molar-refractivity contribution is 14.0. The summed E-state index contributed by atoms with van der Waals surface area (Å²) in [5, 5.41) is 4.43. The average molecular weight is 516 g/mol. The Morgan fingerprint density at radius 2 is 1.93 bits per heavy atom. The first-order chi connectivity index (χ1) is 13.3. The molecule has 0 spiro atoms. The third kappa shape index (κ3) is 6.47. The summed E-state index contributed by atoms with van der Waals surface area (Å²) in [7, 11) is 0. The summed E-state index contributed by atoms with van der Waals surface area (Å²) >= 11 is 1.50. The van der Waals surface area contributed by atoms with Crippen molar-refractivity contribution < 1.29 is 4.74 Å². The highest BCUT2D eigenvalue weighted by Gasteiger charge is 2.21. The van der Waals surface area contributed by atoms with E-state index in [9.17, 15) is 0 Å². The lowest BCUT2D eigenvalue weighted by Crippen LogP contribution is -2.52. The Morgan fingerprint density at radius 1 is 1.18 bits per heavy atom. The molecule has 1 aliphatic heterocycles. The molecule has 7 nitrogen and oxygen atoms in total. The van der Waals surface area contributed by atoms with Gasteiger partial charge in [-0.1, -0.05) is 25.1 Å². The molecular weight excluding hydrogens is 487 g/mol. The number of rotatable bonds is 7. The molecule has 0 atom stereocenters. The van der Waals surface area contributed by atoms with E-state index in [1.54, 1.807) is 0 Å². The summed E-state index contributed by atoms with van der Waals surface area (Å²) in [5.41, 5.74) is 0. The lowest BCUT2D eigenvalue weighted by Gasteiger charge is -2.36. The van der Waals surface area contributed by atoms with Crippen LogP contribution >= 0.6 is 35.5 Å². The Hall–Kier alpha value is -1.62. The van der Waals surface area contributed by atoms with Gasteiger partial charge < -0.3 is 19.9 Å². The summed E-state index contributed by atoms with van der Waals surface area (Å²) < 4.78 is 10.1. The van der Waals surface area contributed by atoms with E-state index in [0.717, 1.165) is 61.8 Å². The summed E-state index contributed by atoms with van der Waals surface area (Å²) in [6.07, 6.45) is 0.888. The van der Waals surface area contributed by atoms with Gasteiger partial charge in [0.05, 0.1) is 6.54 Å². The molecule has 1 aliphatic rings. The van der Waals surface area contributed by atoms with Gasteiger partial charge >= 0.3 is 0 Å². The first-order valence-electron chi connectivity index (χ1n) is 9.58. The number of nitrogens with zero attached hydrogens (tertiary/aromatic N) is 5. The molecule has 3 rings (SSSR count). The minimum absolute atomic E-state index is 0. The number of halogens is 1. The zero-order valence-electron chi connectivity index (χ0n) is 16.5. The number of aryl methyl sites for hydroxylation is 1. The molecule has 2 heterocycles. The molecule has 0 unspecified atom stereocenters. The van der Waals surface area contributed by atoms with Crippen molar-refractivity contribution in [1.82, 2.24) is 19.6 Å². The van der Waals surface area contributed by atoms with E-state index in [0.29, 0.717) is 13.2 Å². The molecule has 0 aliphatic carbocycles. The fourth-order valence-electron chi connectivity index (χ4n) is 2.88. The van der Waals surface area contributed by atoms with Crippen LogP contribution in [0.2, 0.25) is 0 Å². The molecule has 1 aromatic carbocycles. The fraction of sp³-hybridized carbons (Fsp3) is 0.526. The SMILES string of the molecule is CCNC(=NCCOc1ccccc1)N1CCN(c2nc(CC)ns2)CC1.I. The maximum Gasteiger partial charge on any atom is 0.205 e. The first kappa shape index (κ1) is 22.7. The number of aromatic nitrogens is 2. The highest BCUT2D eigenvalue weighted by Crippen LogP contribution is 2.19. The summed E-state index contributed by atoms with van der Waals surface area (Å²) in [6.45, 7) is 9.96. The second kappa shape index (κ2) is 12.1. The van der Waals surface area contributed by atoms with Crippen LogP contribution in [0, 0.1) is 0 Å². The molecule has 1 aromatic heterocycles. The Balaban J connectivity index is 0.00000280. The van der Waals surface area contributed by atoms with Crippen LogP contribution in [-0.4, -0.2) is 66.1 Å². The van der Waals surface area contributed by atoms with Crippen LogP contribution in [0.25, 0.3) is 0 Å². The van der Waals surface area contributed by atoms with Crippen molar-refractivity contribution in [3.05, 3.63) is 36.2 Å². The van der Waals surface area contributed by atoms with Crippen LogP contribution < -0.4 is 15.0 Å². The largest absolute Gasteiger partial charge is 0.492 e. The molecule has 0 amide bonds. The average Bonchev–Trinajstić information content (AvgIpc) is 3.21. The van der Waals surface area contributed by atoms with E-state index < -0.39 is 0 Å². The van der Waals surface area contributed by atoms with E-state index in [4.69, 9.17) is 9.73 Å². The topological polar surface area (TPSA) is 65.9 Å². The maximum atomic E-state index is 5.73. The molecule has 154 valence electrons. The van der Waals surface area contributed by atoms with Crippen molar-refractivity contribution in [2.24, 2.45) is 4.99 Å². The Kier molecular flexibility index (Phi) is 9.76. The van der Waals surface area contributed by atoms with E-state index in [1.807, 2.05) is 30.3 Å². The second-order valence-electron chi connectivity index (χ2n) is 6.22. The quantitative estimate of drug-likeness (QED) is 0.264. The zero-order chi connectivity index (χ0) is 18.9. The number of ether oxygens (including phenoxy) is 1. The molecule has 9 heteroatoms. The molecule has 28 heavy (non-hydrogen) atoms. The number of guanidine groups is 1. The Morgan fingerprint density at radius 3 is 2.57 bits per heavy atom. The first-order valence-corrected chi connectivity index (χ1v) is 10.4. The third-order valence-corrected chi connectivity index (χ3v) is 5.14. The Labute approximate surface area is 188 Å². The molecule has 0 radical (unpaired) electrons. The molecule has 0 bridgehead atoms. The predicted molar refractivity (Wildman–Crippen MR) is 126 cm³/mol. The van der Waals surface area contributed by atoms with Gasteiger partial charge in [0.2, 0.25) is 5.13 Å². The van der Waals surface area contributed by atoms with Crippen molar-refractivity contribution in [1.29, 1.82) is 0 Å². The summed E-state index contributed by atoms with van der Waals surface area (Å²) in [5.74, 6) is 2.78. The van der Waals surface area contributed by atoms with Gasteiger partial charge in [-0.05, 0) is 19.1 Å². The molecular formula is C19H29IN6OS. The van der Waals surface area contributed by atoms with Crippen LogP contribution in [0.15, 0.2) is 35.3 Å². The summed E-state index contributed by atoms with van der Waals surface area (Å²) in [6, 6.07) is 9.86. The van der Waals surface area contributed by atoms with E-state index in [1.165, 1.54) is 11.5 Å². The highest BCUT2D eigenvalue weighted by atomic mass is 127. The van der Waals surface area contributed by atoms with Gasteiger partial charge in [-0.2, -0.15) is 4.37 Å². The van der Waals surface area contributed by atoms with Gasteiger partial charge in [0.15, 0.2) is 5.96 Å². The maximum absolute atomic E-state index is 5.73. The molecule has 1 saturated heterocycles. The normalized spacial score (nSPS) is 14.6. The van der Waals surface area contributed by atoms with Gasteiger partial charge in [-0.25, -0.2) is 9.98 Å². The number of hydrogen-bond donors (Lipinski definition) is 1. The van der Waals surface area contributed by atoms with Crippen molar-refractivity contribution in [2.75, 3.05) is 50.8 Å². The van der Waals surface area contributed by atoms with E-state index in [2.05, 4.69) is 38.3 Å². The lowest BCUT2D eigenvalue weighted by atomic mass is 10.3. The van der Waals surface area contributed by atoms with Gasteiger partial charge in [-0.3, -0.25) is 0 Å². The van der Waals surface area contributed by atoms with Crippen molar-refractivity contribution >= 4 is 46.6 Å². The summed E-state index contributed by atoms with van der Waals surface area (Å²) in [4.78, 5) is 14.0. The second-order valence-corrected chi connectivity index (χ2v) is 6.95. The number of aliphatic imine (C=N–C) groups is 1. The lowest BCUT2D eigenvalue weighted by molar-refractivity contribution is 0.325. The van der Waals surface area contributed by atoms with Crippen LogP contribution in [0.4, 0.5) is 5.13 Å². The van der Waals surface area contributed by atoms with Crippen molar-refractivity contribution in [3.63, 3.8) is 0 Å². The van der Waals surface area contributed by atoms with Gasteiger partial charge in [0.1, 0.15) is 18.2 Å². The fourth-order valence-corrected chi connectivity index (χ4v) is 3.69. The van der Waals surface area contributed by atoms with E-state index >= 15 is 0 Å². The zero-order valence-corrected chi connectivity index (χ0v) is 19.7. The van der Waals surface area contributed by atoms with Crippen LogP contribution in [0.5, 0.6) is 5.75 Å². The third-order valence-electron chi connectivity index (χ3n) is 4.32. The number of anilines is 1. The van der Waals surface area contributed by atoms with Gasteiger partial charge in [-0.15, -0.1) is 24.0 Å². The van der Waals surface area contributed by atoms with Gasteiger partial charge in [0, 0.05) is 50.7 Å². The van der Waals surface area contributed by atoms with Crippen molar-refractivity contribution in [2.45, 2.75) is 20.3 Å². The number of para-hydroxylation sites is 1. The minimum atomic E-state index is 0. The molecule has 1 fully saturated rings. The molecule has 0 saturated carbocycles. The van der Waals surface area contributed by atoms with Gasteiger partial charge in [0.25, 0.3) is 0 Å². The van der Waals surface area contributed by atoms with Crippen molar-refractivity contribution in [3.8, 4) is 5.75 Å². The molecule has 2 aromatic rings. The number of nitrogens with one attached hydrogen (secondary N) is 1.